The Kier molecular flexibility index (Phi) is 2.78. The van der Waals surface area contributed by atoms with Crippen LogP contribution in [0.4, 0.5) is 0 Å². The highest BCUT2D eigenvalue weighted by atomic mass is 79.9. The van der Waals surface area contributed by atoms with Crippen LogP contribution in [0.25, 0.3) is 5.65 Å². The van der Waals surface area contributed by atoms with Gasteiger partial charge in [0.15, 0.2) is 5.65 Å². The van der Waals surface area contributed by atoms with E-state index in [-0.39, 0.29) is 12.2 Å². The van der Waals surface area contributed by atoms with Gasteiger partial charge in [0.2, 0.25) is 0 Å². The normalized spacial score (nSPS) is 11.1. The first-order chi connectivity index (χ1) is 7.27. The Labute approximate surface area is 93.0 Å². The lowest BCUT2D eigenvalue weighted by atomic mass is 10.5. The average Bonchev–Trinajstić information content (AvgIpc) is 2.66. The molecule has 0 aliphatic heterocycles. The zero-order valence-corrected chi connectivity index (χ0v) is 9.38. The molecule has 2 aromatic heterocycles. The van der Waals surface area contributed by atoms with Crippen molar-refractivity contribution in [3.05, 3.63) is 22.5 Å². The Bertz CT molecular complexity index is 532. The Morgan fingerprint density at radius 2 is 2.33 bits per heavy atom. The molecule has 0 aromatic carbocycles. The molecule has 0 saturated heterocycles. The van der Waals surface area contributed by atoms with Gasteiger partial charge >= 0.3 is 5.69 Å². The molecule has 0 unspecified atom stereocenters. The summed E-state index contributed by atoms with van der Waals surface area (Å²) < 4.78 is 2.61. The summed E-state index contributed by atoms with van der Waals surface area (Å²) in [7, 11) is 0. The van der Waals surface area contributed by atoms with Gasteiger partial charge in [0.05, 0.1) is 6.54 Å². The standard InChI is InChI=1S/C7H9BrN6O/c8-1-2-14-7(15)13-4-10-5(3-9)6(13)11-12-14/h4H,1-3,9H2. The van der Waals surface area contributed by atoms with Crippen LogP contribution < -0.4 is 11.4 Å². The van der Waals surface area contributed by atoms with E-state index in [4.69, 9.17) is 5.73 Å². The summed E-state index contributed by atoms with van der Waals surface area (Å²) >= 11 is 3.23. The van der Waals surface area contributed by atoms with E-state index >= 15 is 0 Å². The van der Waals surface area contributed by atoms with Gasteiger partial charge in [-0.2, -0.15) is 4.68 Å². The van der Waals surface area contributed by atoms with Gasteiger partial charge in [-0.3, -0.25) is 0 Å². The highest BCUT2D eigenvalue weighted by Gasteiger charge is 2.09. The Morgan fingerprint density at radius 3 is 3.00 bits per heavy atom. The molecule has 8 heteroatoms. The Balaban J connectivity index is 2.65. The molecule has 0 saturated carbocycles. The lowest BCUT2D eigenvalue weighted by Crippen LogP contribution is -2.30. The first-order valence-corrected chi connectivity index (χ1v) is 5.46. The number of hydrogen-bond donors (Lipinski definition) is 1. The van der Waals surface area contributed by atoms with E-state index in [1.807, 2.05) is 0 Å². The molecule has 0 aliphatic carbocycles. The summed E-state index contributed by atoms with van der Waals surface area (Å²) in [6.45, 7) is 0.713. The number of halogens is 1. The van der Waals surface area contributed by atoms with Crippen LogP contribution in [-0.2, 0) is 13.1 Å². The maximum absolute atomic E-state index is 11.8. The van der Waals surface area contributed by atoms with Crippen LogP contribution in [0.5, 0.6) is 0 Å². The summed E-state index contributed by atoms with van der Waals surface area (Å²) in [6.07, 6.45) is 1.42. The quantitative estimate of drug-likeness (QED) is 0.735. The average molecular weight is 273 g/mol. The lowest BCUT2D eigenvalue weighted by molar-refractivity contribution is 0.549. The van der Waals surface area contributed by atoms with Crippen molar-refractivity contribution >= 4 is 21.6 Å². The number of nitrogens with zero attached hydrogens (tertiary/aromatic N) is 5. The van der Waals surface area contributed by atoms with Gasteiger partial charge in [0.25, 0.3) is 0 Å². The summed E-state index contributed by atoms with van der Waals surface area (Å²) in [4.78, 5) is 15.8. The van der Waals surface area contributed by atoms with E-state index in [1.165, 1.54) is 15.4 Å². The zero-order valence-electron chi connectivity index (χ0n) is 7.80. The van der Waals surface area contributed by atoms with Crippen molar-refractivity contribution in [2.75, 3.05) is 5.33 Å². The molecule has 15 heavy (non-hydrogen) atoms. The largest absolute Gasteiger partial charge is 0.352 e. The van der Waals surface area contributed by atoms with Crippen molar-refractivity contribution in [2.45, 2.75) is 13.1 Å². The van der Waals surface area contributed by atoms with Crippen molar-refractivity contribution in [1.29, 1.82) is 0 Å². The minimum Gasteiger partial charge on any atom is -0.325 e. The molecule has 0 radical (unpaired) electrons. The number of rotatable bonds is 3. The van der Waals surface area contributed by atoms with Gasteiger partial charge < -0.3 is 5.73 Å². The SMILES string of the molecule is NCc1ncn2c(=O)n(CCBr)nnc12. The third kappa shape index (κ3) is 1.65. The van der Waals surface area contributed by atoms with E-state index < -0.39 is 0 Å². The zero-order chi connectivity index (χ0) is 10.8. The van der Waals surface area contributed by atoms with E-state index in [1.54, 1.807) is 0 Å². The van der Waals surface area contributed by atoms with Gasteiger partial charge in [-0.05, 0) is 0 Å². The highest BCUT2D eigenvalue weighted by molar-refractivity contribution is 9.09. The predicted molar refractivity (Wildman–Crippen MR) is 56.7 cm³/mol. The number of imidazole rings is 1. The number of hydrogen-bond acceptors (Lipinski definition) is 5. The second-order valence-electron chi connectivity index (χ2n) is 2.87. The number of aryl methyl sites for hydroxylation is 1. The fourth-order valence-corrected chi connectivity index (χ4v) is 1.58. The molecule has 0 amide bonds. The van der Waals surface area contributed by atoms with Crippen LogP contribution in [0.2, 0.25) is 0 Å². The molecule has 2 aromatic rings. The van der Waals surface area contributed by atoms with Crippen LogP contribution in [0.1, 0.15) is 5.69 Å². The van der Waals surface area contributed by atoms with Gasteiger partial charge in [0.1, 0.15) is 12.0 Å². The topological polar surface area (TPSA) is 91.1 Å². The third-order valence-corrected chi connectivity index (χ3v) is 2.33. The first-order valence-electron chi connectivity index (χ1n) is 4.33. The monoisotopic (exact) mass is 272 g/mol. The summed E-state index contributed by atoms with van der Waals surface area (Å²) in [5, 5.41) is 8.33. The molecule has 0 fully saturated rings. The fraction of sp³-hybridized carbons (Fsp3) is 0.429. The molecule has 0 spiro atoms. The molecule has 0 aliphatic rings. The molecule has 2 N–H and O–H groups in total. The fourth-order valence-electron chi connectivity index (χ4n) is 1.25. The minimum absolute atomic E-state index is 0.243. The summed E-state index contributed by atoms with van der Waals surface area (Å²) in [5.74, 6) is 0. The van der Waals surface area contributed by atoms with Crippen molar-refractivity contribution in [3.8, 4) is 0 Å². The van der Waals surface area contributed by atoms with E-state index in [0.717, 1.165) is 0 Å². The van der Waals surface area contributed by atoms with E-state index in [0.29, 0.717) is 23.2 Å². The minimum atomic E-state index is -0.258. The van der Waals surface area contributed by atoms with Crippen LogP contribution in [0.3, 0.4) is 0 Å². The summed E-state index contributed by atoms with van der Waals surface area (Å²) in [6, 6.07) is 0. The van der Waals surface area contributed by atoms with Gasteiger partial charge in [-0.25, -0.2) is 14.2 Å². The molecule has 2 rings (SSSR count). The molecule has 7 nitrogen and oxygen atoms in total. The first kappa shape index (κ1) is 10.2. The number of fused-ring (bicyclic) bond motifs is 1. The Hall–Kier alpha value is -1.28. The smallest absolute Gasteiger partial charge is 0.325 e. The lowest BCUT2D eigenvalue weighted by Gasteiger charge is -2.00. The van der Waals surface area contributed by atoms with E-state index in [2.05, 4.69) is 31.2 Å². The molecule has 0 bridgehead atoms. The maximum Gasteiger partial charge on any atom is 0.352 e. The molecule has 0 atom stereocenters. The van der Waals surface area contributed by atoms with Crippen molar-refractivity contribution in [3.63, 3.8) is 0 Å². The van der Waals surface area contributed by atoms with Gasteiger partial charge in [-0.1, -0.05) is 21.1 Å². The molecular weight excluding hydrogens is 264 g/mol. The Morgan fingerprint density at radius 1 is 1.53 bits per heavy atom. The third-order valence-electron chi connectivity index (χ3n) is 1.98. The van der Waals surface area contributed by atoms with Crippen molar-refractivity contribution < 1.29 is 0 Å². The second kappa shape index (κ2) is 4.07. The van der Waals surface area contributed by atoms with Crippen LogP contribution >= 0.6 is 15.9 Å². The summed E-state index contributed by atoms with van der Waals surface area (Å²) in [5.41, 5.74) is 6.19. The van der Waals surface area contributed by atoms with Crippen LogP contribution in [0.15, 0.2) is 11.1 Å². The maximum atomic E-state index is 11.8. The van der Waals surface area contributed by atoms with Crippen molar-refractivity contribution in [2.24, 2.45) is 5.73 Å². The second-order valence-corrected chi connectivity index (χ2v) is 3.67. The van der Waals surface area contributed by atoms with Crippen LogP contribution in [0, 0.1) is 0 Å². The van der Waals surface area contributed by atoms with E-state index in [9.17, 15) is 4.79 Å². The molecule has 80 valence electrons. The number of aromatic nitrogens is 5. The van der Waals surface area contributed by atoms with Gasteiger partial charge in [-0.15, -0.1) is 5.10 Å². The number of alkyl halides is 1. The number of nitrogens with two attached hydrogens (primary N) is 1. The molecular formula is C7H9BrN6O. The predicted octanol–water partition coefficient (Wildman–Crippen LogP) is -0.860. The van der Waals surface area contributed by atoms with Crippen molar-refractivity contribution in [1.82, 2.24) is 24.4 Å². The van der Waals surface area contributed by atoms with Crippen LogP contribution in [-0.4, -0.2) is 29.7 Å². The molecule has 2 heterocycles. The van der Waals surface area contributed by atoms with Gasteiger partial charge in [0, 0.05) is 11.9 Å². The highest BCUT2D eigenvalue weighted by Crippen LogP contribution is 2.00.